The SMILES string of the molecule is CC1(C)OC(=O)C(C=NCCc2ccc(Cl)cc2)C(=O)O1. The van der Waals surface area contributed by atoms with Gasteiger partial charge in [0.1, 0.15) is 0 Å². The minimum absolute atomic E-state index is 0.460. The third kappa shape index (κ3) is 4.29. The normalized spacial score (nSPS) is 18.6. The maximum Gasteiger partial charge on any atom is 0.329 e. The zero-order chi connectivity index (χ0) is 15.5. The first kappa shape index (κ1) is 15.5. The molecule has 0 atom stereocenters. The second kappa shape index (κ2) is 6.26. The Balaban J connectivity index is 1.88. The number of carbonyl (C=O) groups excluding carboxylic acids is 2. The Kier molecular flexibility index (Phi) is 4.63. The van der Waals surface area contributed by atoms with E-state index in [9.17, 15) is 9.59 Å². The molecule has 0 bridgehead atoms. The van der Waals surface area contributed by atoms with E-state index in [2.05, 4.69) is 4.99 Å². The summed E-state index contributed by atoms with van der Waals surface area (Å²) in [4.78, 5) is 27.5. The number of benzene rings is 1. The number of esters is 2. The summed E-state index contributed by atoms with van der Waals surface area (Å²) >= 11 is 5.80. The van der Waals surface area contributed by atoms with Gasteiger partial charge in [0.2, 0.25) is 0 Å². The summed E-state index contributed by atoms with van der Waals surface area (Å²) in [5.74, 6) is -3.55. The average molecular weight is 310 g/mol. The molecular formula is C15H16ClNO4. The van der Waals surface area contributed by atoms with Crippen LogP contribution in [0.15, 0.2) is 29.3 Å². The molecule has 21 heavy (non-hydrogen) atoms. The third-order valence-corrected chi connectivity index (χ3v) is 3.15. The van der Waals surface area contributed by atoms with Gasteiger partial charge >= 0.3 is 11.9 Å². The fraction of sp³-hybridized carbons (Fsp3) is 0.400. The summed E-state index contributed by atoms with van der Waals surface area (Å²) in [7, 11) is 0. The van der Waals surface area contributed by atoms with Crippen LogP contribution in [0.5, 0.6) is 0 Å². The molecule has 0 aliphatic carbocycles. The summed E-state index contributed by atoms with van der Waals surface area (Å²) in [6.07, 6.45) is 1.98. The first-order valence-electron chi connectivity index (χ1n) is 6.57. The smallest absolute Gasteiger partial charge is 0.329 e. The summed E-state index contributed by atoms with van der Waals surface area (Å²) < 4.78 is 9.99. The molecule has 1 fully saturated rings. The molecule has 1 saturated heterocycles. The maximum absolute atomic E-state index is 11.7. The quantitative estimate of drug-likeness (QED) is 0.487. The van der Waals surface area contributed by atoms with Crippen molar-refractivity contribution in [2.24, 2.45) is 10.9 Å². The van der Waals surface area contributed by atoms with Crippen LogP contribution in [0.2, 0.25) is 5.02 Å². The largest absolute Gasteiger partial charge is 0.422 e. The fourth-order valence-corrected chi connectivity index (χ4v) is 2.00. The van der Waals surface area contributed by atoms with Gasteiger partial charge in [-0.25, -0.2) is 0 Å². The highest BCUT2D eigenvalue weighted by atomic mass is 35.5. The molecule has 112 valence electrons. The van der Waals surface area contributed by atoms with Crippen molar-refractivity contribution in [3.05, 3.63) is 34.9 Å². The number of nitrogens with zero attached hydrogens (tertiary/aromatic N) is 1. The zero-order valence-electron chi connectivity index (χ0n) is 11.8. The van der Waals surface area contributed by atoms with Crippen LogP contribution in [-0.4, -0.2) is 30.5 Å². The Labute approximate surface area is 127 Å². The van der Waals surface area contributed by atoms with E-state index in [0.717, 1.165) is 5.56 Å². The minimum atomic E-state index is -1.21. The van der Waals surface area contributed by atoms with Gasteiger partial charge in [0.15, 0.2) is 5.92 Å². The standard InChI is InChI=1S/C15H16ClNO4/c1-15(2)20-13(18)12(14(19)21-15)9-17-8-7-10-3-5-11(16)6-4-10/h3-6,9,12H,7-8H2,1-2H3. The fourth-order valence-electron chi connectivity index (χ4n) is 1.87. The van der Waals surface area contributed by atoms with Crippen molar-refractivity contribution < 1.29 is 19.1 Å². The lowest BCUT2D eigenvalue weighted by Gasteiger charge is -2.31. The molecule has 5 nitrogen and oxygen atoms in total. The molecule has 6 heteroatoms. The maximum atomic E-state index is 11.7. The van der Waals surface area contributed by atoms with Gasteiger partial charge in [-0.15, -0.1) is 0 Å². The molecule has 1 aliphatic rings. The summed E-state index contributed by atoms with van der Waals surface area (Å²) in [6, 6.07) is 7.42. The first-order valence-corrected chi connectivity index (χ1v) is 6.95. The van der Waals surface area contributed by atoms with E-state index in [4.69, 9.17) is 21.1 Å². The van der Waals surface area contributed by atoms with Crippen LogP contribution >= 0.6 is 11.6 Å². The number of cyclic esters (lactones) is 2. The molecular weight excluding hydrogens is 294 g/mol. The van der Waals surface area contributed by atoms with E-state index in [1.807, 2.05) is 12.1 Å². The Morgan fingerprint density at radius 2 is 1.76 bits per heavy atom. The third-order valence-electron chi connectivity index (χ3n) is 2.90. The Hall–Kier alpha value is -1.88. The summed E-state index contributed by atoms with van der Waals surface area (Å²) in [5.41, 5.74) is 1.08. The second-order valence-electron chi connectivity index (χ2n) is 5.15. The van der Waals surface area contributed by atoms with Gasteiger partial charge in [-0.1, -0.05) is 23.7 Å². The van der Waals surface area contributed by atoms with Crippen LogP contribution in [0, 0.1) is 5.92 Å². The van der Waals surface area contributed by atoms with Crippen molar-refractivity contribution >= 4 is 29.8 Å². The molecule has 2 rings (SSSR count). The minimum Gasteiger partial charge on any atom is -0.422 e. The van der Waals surface area contributed by atoms with Gasteiger partial charge < -0.3 is 9.47 Å². The molecule has 0 radical (unpaired) electrons. The first-order chi connectivity index (χ1) is 9.87. The monoisotopic (exact) mass is 309 g/mol. The predicted octanol–water partition coefficient (Wildman–Crippen LogP) is 2.41. The number of halogens is 1. The van der Waals surface area contributed by atoms with Crippen molar-refractivity contribution in [2.45, 2.75) is 26.1 Å². The van der Waals surface area contributed by atoms with Crippen LogP contribution in [-0.2, 0) is 25.5 Å². The zero-order valence-corrected chi connectivity index (χ0v) is 12.6. The van der Waals surface area contributed by atoms with Crippen LogP contribution in [0.25, 0.3) is 0 Å². The lowest BCUT2D eigenvalue weighted by molar-refractivity contribution is -0.235. The van der Waals surface area contributed by atoms with Gasteiger partial charge in [-0.05, 0) is 24.1 Å². The van der Waals surface area contributed by atoms with Crippen LogP contribution < -0.4 is 0 Å². The van der Waals surface area contributed by atoms with Gasteiger partial charge in [0.25, 0.3) is 5.79 Å². The molecule has 1 aromatic carbocycles. The number of rotatable bonds is 4. The van der Waals surface area contributed by atoms with Crippen LogP contribution in [0.1, 0.15) is 19.4 Å². The Morgan fingerprint density at radius 1 is 1.19 bits per heavy atom. The topological polar surface area (TPSA) is 65.0 Å². The lowest BCUT2D eigenvalue weighted by atomic mass is 10.1. The molecule has 0 amide bonds. The van der Waals surface area contributed by atoms with E-state index in [0.29, 0.717) is 18.0 Å². The van der Waals surface area contributed by atoms with Gasteiger partial charge in [-0.2, -0.15) is 0 Å². The van der Waals surface area contributed by atoms with Crippen molar-refractivity contribution in [1.29, 1.82) is 0 Å². The van der Waals surface area contributed by atoms with Gasteiger partial charge in [0.05, 0.1) is 0 Å². The van der Waals surface area contributed by atoms with Gasteiger partial charge in [-0.3, -0.25) is 14.6 Å². The van der Waals surface area contributed by atoms with E-state index in [1.165, 1.54) is 20.1 Å². The highest BCUT2D eigenvalue weighted by Crippen LogP contribution is 2.22. The summed E-state index contributed by atoms with van der Waals surface area (Å²) in [5, 5.41) is 0.678. The number of hydrogen-bond donors (Lipinski definition) is 0. The molecule has 1 heterocycles. The van der Waals surface area contributed by atoms with Crippen molar-refractivity contribution in [3.8, 4) is 0 Å². The second-order valence-corrected chi connectivity index (χ2v) is 5.59. The molecule has 0 spiro atoms. The van der Waals surface area contributed by atoms with Gasteiger partial charge in [0, 0.05) is 31.6 Å². The van der Waals surface area contributed by atoms with Crippen LogP contribution in [0.3, 0.4) is 0 Å². The Bertz CT molecular complexity index is 546. The van der Waals surface area contributed by atoms with Crippen molar-refractivity contribution in [3.63, 3.8) is 0 Å². The molecule has 0 saturated carbocycles. The van der Waals surface area contributed by atoms with Crippen molar-refractivity contribution in [2.75, 3.05) is 6.54 Å². The van der Waals surface area contributed by atoms with E-state index < -0.39 is 23.6 Å². The van der Waals surface area contributed by atoms with E-state index in [1.54, 1.807) is 12.1 Å². The van der Waals surface area contributed by atoms with E-state index in [-0.39, 0.29) is 0 Å². The molecule has 1 aliphatic heterocycles. The molecule has 1 aromatic rings. The number of aliphatic imine (C=N–C) groups is 1. The lowest BCUT2D eigenvalue weighted by Crippen LogP contribution is -2.46. The Morgan fingerprint density at radius 3 is 2.33 bits per heavy atom. The molecule has 0 N–H and O–H groups in total. The summed E-state index contributed by atoms with van der Waals surface area (Å²) in [6.45, 7) is 3.48. The highest BCUT2D eigenvalue weighted by Gasteiger charge is 2.42. The van der Waals surface area contributed by atoms with Crippen LogP contribution in [0.4, 0.5) is 0 Å². The average Bonchev–Trinajstić information content (AvgIpc) is 2.38. The molecule has 0 aromatic heterocycles. The highest BCUT2D eigenvalue weighted by molar-refractivity contribution is 6.30. The van der Waals surface area contributed by atoms with Crippen molar-refractivity contribution in [1.82, 2.24) is 0 Å². The molecule has 0 unspecified atom stereocenters. The van der Waals surface area contributed by atoms with E-state index >= 15 is 0 Å². The number of carbonyl (C=O) groups is 2. The number of hydrogen-bond acceptors (Lipinski definition) is 5. The number of ether oxygens (including phenoxy) is 2. The predicted molar refractivity (Wildman–Crippen MR) is 78.3 cm³/mol.